The second kappa shape index (κ2) is 5.34. The van der Waals surface area contributed by atoms with Crippen LogP contribution in [-0.2, 0) is 10.3 Å². The van der Waals surface area contributed by atoms with E-state index in [4.69, 9.17) is 4.74 Å². The number of methoxy groups -OCH3 is 1. The van der Waals surface area contributed by atoms with Crippen molar-refractivity contribution in [1.29, 1.82) is 0 Å². The van der Waals surface area contributed by atoms with Gasteiger partial charge in [-0.1, -0.05) is 60.7 Å². The van der Waals surface area contributed by atoms with Gasteiger partial charge in [0, 0.05) is 7.11 Å². The Balaban J connectivity index is 2.61. The quantitative estimate of drug-likeness (QED) is 0.893. The lowest BCUT2D eigenvalue weighted by Crippen LogP contribution is -2.40. The molecule has 1 unspecified atom stereocenters. The van der Waals surface area contributed by atoms with Crippen molar-refractivity contribution in [2.24, 2.45) is 0 Å². The normalized spacial score (nSPS) is 13.3. The molecule has 0 radical (unpaired) electrons. The minimum Gasteiger partial charge on any atom is -0.390 e. The van der Waals surface area contributed by atoms with E-state index >= 15 is 0 Å². The maximum absolute atomic E-state index is 10.2. The summed E-state index contributed by atoms with van der Waals surface area (Å²) in [4.78, 5) is 0. The van der Waals surface area contributed by atoms with Crippen LogP contribution in [0.15, 0.2) is 60.7 Å². The number of hydrogen-bond donors (Lipinski definition) is 1. The van der Waals surface area contributed by atoms with Gasteiger partial charge in [-0.15, -0.1) is 0 Å². The Morgan fingerprint density at radius 3 is 1.56 bits per heavy atom. The van der Waals surface area contributed by atoms with Gasteiger partial charge in [0.15, 0.2) is 0 Å². The van der Waals surface area contributed by atoms with Gasteiger partial charge in [-0.05, 0) is 18.1 Å². The Labute approximate surface area is 108 Å². The fourth-order valence-electron chi connectivity index (χ4n) is 2.43. The summed E-state index contributed by atoms with van der Waals surface area (Å²) < 4.78 is 5.72. The van der Waals surface area contributed by atoms with Crippen molar-refractivity contribution in [3.05, 3.63) is 71.8 Å². The molecular weight excluding hydrogens is 224 g/mol. The summed E-state index contributed by atoms with van der Waals surface area (Å²) in [7, 11) is 1.63. The second-order valence-corrected chi connectivity index (χ2v) is 4.35. The third-order valence-corrected chi connectivity index (χ3v) is 3.32. The van der Waals surface area contributed by atoms with E-state index < -0.39 is 11.7 Å². The standard InChI is InChI=1S/C16H18O2/c1-13(17)16(18-2,14-9-5-3-6-10-14)15-11-7-4-8-12-15/h3-13,17H,1-2H3. The van der Waals surface area contributed by atoms with Crippen molar-refractivity contribution >= 4 is 0 Å². The molecule has 2 heteroatoms. The summed E-state index contributed by atoms with van der Waals surface area (Å²) in [5.41, 5.74) is 1.09. The fourth-order valence-corrected chi connectivity index (χ4v) is 2.43. The molecular formula is C16H18O2. The van der Waals surface area contributed by atoms with E-state index in [-0.39, 0.29) is 0 Å². The third-order valence-electron chi connectivity index (χ3n) is 3.32. The second-order valence-electron chi connectivity index (χ2n) is 4.35. The lowest BCUT2D eigenvalue weighted by atomic mass is 9.82. The summed E-state index contributed by atoms with van der Waals surface area (Å²) >= 11 is 0. The first-order valence-corrected chi connectivity index (χ1v) is 6.06. The predicted octanol–water partition coefficient (Wildman–Crippen LogP) is 2.96. The van der Waals surface area contributed by atoms with Crippen molar-refractivity contribution in [2.75, 3.05) is 7.11 Å². The Kier molecular flexibility index (Phi) is 3.80. The lowest BCUT2D eigenvalue weighted by molar-refractivity contribution is -0.0710. The molecule has 2 aromatic rings. The minimum absolute atomic E-state index is 0.646. The van der Waals surface area contributed by atoms with Crippen molar-refractivity contribution in [2.45, 2.75) is 18.6 Å². The molecule has 0 bridgehead atoms. The zero-order chi connectivity index (χ0) is 13.0. The molecule has 0 aliphatic carbocycles. The first-order chi connectivity index (χ1) is 8.71. The first-order valence-electron chi connectivity index (χ1n) is 6.06. The molecule has 1 atom stereocenters. The van der Waals surface area contributed by atoms with Crippen molar-refractivity contribution in [3.8, 4) is 0 Å². The fraction of sp³-hybridized carbons (Fsp3) is 0.250. The minimum atomic E-state index is -0.817. The van der Waals surface area contributed by atoms with E-state index in [1.807, 2.05) is 60.7 Å². The summed E-state index contributed by atoms with van der Waals surface area (Å²) in [5, 5.41) is 10.2. The molecule has 2 rings (SSSR count). The molecule has 0 heterocycles. The van der Waals surface area contributed by atoms with Crippen LogP contribution in [0.3, 0.4) is 0 Å². The molecule has 2 nitrogen and oxygen atoms in total. The molecule has 18 heavy (non-hydrogen) atoms. The number of aliphatic hydroxyl groups is 1. The molecule has 1 N–H and O–H groups in total. The summed E-state index contributed by atoms with van der Waals surface area (Å²) in [5.74, 6) is 0. The molecule has 0 saturated heterocycles. The van der Waals surface area contributed by atoms with Gasteiger partial charge in [-0.25, -0.2) is 0 Å². The van der Waals surface area contributed by atoms with E-state index in [1.165, 1.54) is 0 Å². The number of aliphatic hydroxyl groups excluding tert-OH is 1. The monoisotopic (exact) mass is 242 g/mol. The van der Waals surface area contributed by atoms with E-state index in [9.17, 15) is 5.11 Å². The van der Waals surface area contributed by atoms with Crippen LogP contribution in [0.5, 0.6) is 0 Å². The van der Waals surface area contributed by atoms with E-state index in [0.717, 1.165) is 11.1 Å². The molecule has 2 aromatic carbocycles. The van der Waals surface area contributed by atoms with E-state index in [1.54, 1.807) is 14.0 Å². The maximum Gasteiger partial charge on any atom is 0.143 e. The van der Waals surface area contributed by atoms with Gasteiger partial charge in [0.2, 0.25) is 0 Å². The highest BCUT2D eigenvalue weighted by Crippen LogP contribution is 2.36. The Bertz CT molecular complexity index is 437. The smallest absolute Gasteiger partial charge is 0.143 e. The highest BCUT2D eigenvalue weighted by molar-refractivity contribution is 5.37. The van der Waals surface area contributed by atoms with Gasteiger partial charge >= 0.3 is 0 Å². The molecule has 94 valence electrons. The van der Waals surface area contributed by atoms with Crippen LogP contribution in [0.2, 0.25) is 0 Å². The van der Waals surface area contributed by atoms with Gasteiger partial charge in [-0.2, -0.15) is 0 Å². The maximum atomic E-state index is 10.2. The van der Waals surface area contributed by atoms with Gasteiger partial charge in [0.05, 0.1) is 6.10 Å². The summed E-state index contributed by atoms with van der Waals surface area (Å²) in [6.45, 7) is 1.75. The van der Waals surface area contributed by atoms with E-state index in [0.29, 0.717) is 0 Å². The van der Waals surface area contributed by atoms with E-state index in [2.05, 4.69) is 0 Å². The number of hydrogen-bond acceptors (Lipinski definition) is 2. The first kappa shape index (κ1) is 12.8. The SMILES string of the molecule is COC(c1ccccc1)(c1ccccc1)C(C)O. The molecule has 0 aromatic heterocycles. The van der Waals surface area contributed by atoms with Crippen LogP contribution >= 0.6 is 0 Å². The zero-order valence-electron chi connectivity index (χ0n) is 10.7. The largest absolute Gasteiger partial charge is 0.390 e. The Morgan fingerprint density at radius 1 is 0.889 bits per heavy atom. The van der Waals surface area contributed by atoms with Crippen LogP contribution in [-0.4, -0.2) is 18.3 Å². The number of benzene rings is 2. The molecule has 0 saturated carbocycles. The molecule has 0 amide bonds. The third kappa shape index (κ3) is 2.05. The highest BCUT2D eigenvalue weighted by atomic mass is 16.5. The van der Waals surface area contributed by atoms with Crippen LogP contribution in [0.25, 0.3) is 0 Å². The number of ether oxygens (including phenoxy) is 1. The highest BCUT2D eigenvalue weighted by Gasteiger charge is 2.39. The van der Waals surface area contributed by atoms with Crippen LogP contribution in [0.4, 0.5) is 0 Å². The predicted molar refractivity (Wildman–Crippen MR) is 72.4 cm³/mol. The number of rotatable bonds is 4. The van der Waals surface area contributed by atoms with Gasteiger partial charge < -0.3 is 9.84 Å². The Hall–Kier alpha value is -1.64. The molecule has 0 fully saturated rings. The zero-order valence-corrected chi connectivity index (χ0v) is 10.7. The van der Waals surface area contributed by atoms with Crippen molar-refractivity contribution in [3.63, 3.8) is 0 Å². The van der Waals surface area contributed by atoms with Gasteiger partial charge in [0.1, 0.15) is 5.60 Å². The summed E-state index contributed by atoms with van der Waals surface area (Å²) in [6.07, 6.45) is -0.646. The summed E-state index contributed by atoms with van der Waals surface area (Å²) in [6, 6.07) is 19.6. The van der Waals surface area contributed by atoms with Crippen LogP contribution in [0, 0.1) is 0 Å². The topological polar surface area (TPSA) is 29.5 Å². The molecule has 0 spiro atoms. The van der Waals surface area contributed by atoms with Gasteiger partial charge in [-0.3, -0.25) is 0 Å². The molecule has 0 aliphatic rings. The van der Waals surface area contributed by atoms with Crippen LogP contribution in [0.1, 0.15) is 18.1 Å². The van der Waals surface area contributed by atoms with Crippen molar-refractivity contribution in [1.82, 2.24) is 0 Å². The van der Waals surface area contributed by atoms with Crippen LogP contribution < -0.4 is 0 Å². The Morgan fingerprint density at radius 2 is 1.28 bits per heavy atom. The van der Waals surface area contributed by atoms with Crippen molar-refractivity contribution < 1.29 is 9.84 Å². The molecule has 0 aliphatic heterocycles. The average molecular weight is 242 g/mol. The van der Waals surface area contributed by atoms with Gasteiger partial charge in [0.25, 0.3) is 0 Å². The average Bonchev–Trinajstić information content (AvgIpc) is 2.42. The lowest BCUT2D eigenvalue weighted by Gasteiger charge is -2.36.